The summed E-state index contributed by atoms with van der Waals surface area (Å²) in [6, 6.07) is 10.8. The van der Waals surface area contributed by atoms with Gasteiger partial charge in [0.15, 0.2) is 0 Å². The Labute approximate surface area is 119 Å². The Hall–Kier alpha value is -1.20. The summed E-state index contributed by atoms with van der Waals surface area (Å²) in [6.07, 6.45) is 0. The molecular weight excluding hydrogens is 284 g/mol. The lowest BCUT2D eigenvalue weighted by Crippen LogP contribution is -1.91. The van der Waals surface area contributed by atoms with Crippen LogP contribution in [-0.2, 0) is 0 Å². The Kier molecular flexibility index (Phi) is 5.10. The third-order valence-corrected chi connectivity index (χ3v) is 4.74. The molecule has 2 rings (SSSR count). The predicted octanol–water partition coefficient (Wildman–Crippen LogP) is 4.43. The molecule has 0 aromatic heterocycles. The maximum atomic E-state index is 13.0. The van der Waals surface area contributed by atoms with E-state index in [4.69, 9.17) is 5.73 Å². The van der Waals surface area contributed by atoms with Crippen LogP contribution < -0.4 is 5.73 Å². The molecule has 0 bridgehead atoms. The molecule has 0 spiro atoms. The number of halogens is 2. The highest BCUT2D eigenvalue weighted by Gasteiger charge is 2.02. The first kappa shape index (κ1) is 14.2. The minimum atomic E-state index is -0.275. The minimum Gasteiger partial charge on any atom is -0.398 e. The molecule has 0 unspecified atom stereocenters. The normalized spacial score (nSPS) is 10.6. The van der Waals surface area contributed by atoms with E-state index in [9.17, 15) is 8.78 Å². The molecule has 0 fully saturated rings. The molecular formula is C14H13F2NS2. The molecule has 0 aliphatic rings. The third-order valence-electron chi connectivity index (χ3n) is 2.40. The molecule has 2 aromatic carbocycles. The molecule has 19 heavy (non-hydrogen) atoms. The van der Waals surface area contributed by atoms with Gasteiger partial charge in [-0.05, 0) is 42.5 Å². The summed E-state index contributed by atoms with van der Waals surface area (Å²) in [5.41, 5.74) is 6.36. The fourth-order valence-electron chi connectivity index (χ4n) is 1.48. The number of nitrogen functional groups attached to an aromatic ring is 1. The maximum Gasteiger partial charge on any atom is 0.124 e. The average Bonchev–Trinajstić information content (AvgIpc) is 2.40. The summed E-state index contributed by atoms with van der Waals surface area (Å²) in [4.78, 5) is 1.79. The molecule has 0 heterocycles. The molecule has 2 N–H and O–H groups in total. The van der Waals surface area contributed by atoms with Gasteiger partial charge in [-0.2, -0.15) is 0 Å². The second-order valence-electron chi connectivity index (χ2n) is 3.83. The Morgan fingerprint density at radius 3 is 2.21 bits per heavy atom. The number of rotatable bonds is 5. The molecule has 0 aliphatic heterocycles. The topological polar surface area (TPSA) is 26.0 Å². The summed E-state index contributed by atoms with van der Waals surface area (Å²) in [5.74, 6) is 1.16. The maximum absolute atomic E-state index is 13.0. The van der Waals surface area contributed by atoms with E-state index in [1.807, 2.05) is 0 Å². The number of nitrogens with two attached hydrogens (primary N) is 1. The summed E-state index contributed by atoms with van der Waals surface area (Å²) in [7, 11) is 0. The molecule has 0 atom stereocenters. The lowest BCUT2D eigenvalue weighted by molar-refractivity contribution is 0.624. The van der Waals surface area contributed by atoms with Crippen molar-refractivity contribution >= 4 is 29.2 Å². The van der Waals surface area contributed by atoms with E-state index < -0.39 is 0 Å². The van der Waals surface area contributed by atoms with Crippen LogP contribution in [0.2, 0.25) is 0 Å². The number of hydrogen-bond donors (Lipinski definition) is 1. The van der Waals surface area contributed by atoms with E-state index in [-0.39, 0.29) is 11.6 Å². The van der Waals surface area contributed by atoms with Crippen LogP contribution in [0.4, 0.5) is 14.5 Å². The monoisotopic (exact) mass is 297 g/mol. The zero-order chi connectivity index (χ0) is 13.7. The first-order valence-corrected chi connectivity index (χ1v) is 7.68. The predicted molar refractivity (Wildman–Crippen MR) is 78.7 cm³/mol. The highest BCUT2D eigenvalue weighted by atomic mass is 32.2. The molecule has 0 radical (unpaired) electrons. The van der Waals surface area contributed by atoms with Crippen LogP contribution >= 0.6 is 23.5 Å². The molecule has 0 aliphatic carbocycles. The minimum absolute atomic E-state index is 0.230. The van der Waals surface area contributed by atoms with Crippen LogP contribution in [-0.4, -0.2) is 11.5 Å². The molecule has 2 aromatic rings. The van der Waals surface area contributed by atoms with Crippen molar-refractivity contribution in [3.8, 4) is 0 Å². The van der Waals surface area contributed by atoms with Crippen molar-refractivity contribution in [3.05, 3.63) is 54.1 Å². The number of thioether (sulfide) groups is 2. The van der Waals surface area contributed by atoms with Crippen LogP contribution in [0.15, 0.2) is 52.3 Å². The van der Waals surface area contributed by atoms with Crippen molar-refractivity contribution in [1.82, 2.24) is 0 Å². The molecule has 0 saturated heterocycles. The van der Waals surface area contributed by atoms with Gasteiger partial charge in [0, 0.05) is 27.0 Å². The first-order chi connectivity index (χ1) is 9.15. The van der Waals surface area contributed by atoms with E-state index in [0.717, 1.165) is 21.3 Å². The van der Waals surface area contributed by atoms with Crippen LogP contribution in [0, 0.1) is 11.6 Å². The van der Waals surface area contributed by atoms with E-state index in [0.29, 0.717) is 5.69 Å². The van der Waals surface area contributed by atoms with Gasteiger partial charge in [-0.1, -0.05) is 0 Å². The zero-order valence-electron chi connectivity index (χ0n) is 10.1. The highest BCUT2D eigenvalue weighted by molar-refractivity contribution is 8.03. The van der Waals surface area contributed by atoms with Crippen molar-refractivity contribution in [2.75, 3.05) is 17.2 Å². The largest absolute Gasteiger partial charge is 0.398 e. The van der Waals surface area contributed by atoms with Gasteiger partial charge in [-0.3, -0.25) is 0 Å². The van der Waals surface area contributed by atoms with Crippen LogP contribution in [0.5, 0.6) is 0 Å². The standard InChI is InChI=1S/C14H13F2NS2/c15-10-1-4-12(5-2-10)18-7-8-19-14-9-11(16)3-6-13(14)17/h1-6,9H,7-8,17H2. The third kappa shape index (κ3) is 4.44. The fraction of sp³-hybridized carbons (Fsp3) is 0.143. The van der Waals surface area contributed by atoms with Gasteiger partial charge < -0.3 is 5.73 Å². The Morgan fingerprint density at radius 1 is 0.842 bits per heavy atom. The van der Waals surface area contributed by atoms with E-state index in [1.165, 1.54) is 36.0 Å². The fourth-order valence-corrected chi connectivity index (χ4v) is 3.36. The lowest BCUT2D eigenvalue weighted by atomic mass is 10.3. The van der Waals surface area contributed by atoms with Gasteiger partial charge in [0.1, 0.15) is 11.6 Å². The van der Waals surface area contributed by atoms with E-state index in [1.54, 1.807) is 30.0 Å². The van der Waals surface area contributed by atoms with Gasteiger partial charge >= 0.3 is 0 Å². The Bertz CT molecular complexity index is 544. The molecule has 0 saturated carbocycles. The second-order valence-corrected chi connectivity index (χ2v) is 6.14. The first-order valence-electron chi connectivity index (χ1n) is 5.71. The SMILES string of the molecule is Nc1ccc(F)cc1SCCSc1ccc(F)cc1. The van der Waals surface area contributed by atoms with E-state index >= 15 is 0 Å². The summed E-state index contributed by atoms with van der Waals surface area (Å²) >= 11 is 3.16. The highest BCUT2D eigenvalue weighted by Crippen LogP contribution is 2.27. The van der Waals surface area contributed by atoms with Gasteiger partial charge in [-0.15, -0.1) is 23.5 Å². The van der Waals surface area contributed by atoms with Gasteiger partial charge in [0.2, 0.25) is 0 Å². The van der Waals surface area contributed by atoms with E-state index in [2.05, 4.69) is 0 Å². The molecule has 1 nitrogen and oxygen atoms in total. The molecule has 0 amide bonds. The van der Waals surface area contributed by atoms with Crippen molar-refractivity contribution in [2.45, 2.75) is 9.79 Å². The van der Waals surface area contributed by atoms with Gasteiger partial charge in [0.25, 0.3) is 0 Å². The Morgan fingerprint density at radius 2 is 1.47 bits per heavy atom. The van der Waals surface area contributed by atoms with Crippen LogP contribution in [0.25, 0.3) is 0 Å². The number of anilines is 1. The van der Waals surface area contributed by atoms with Gasteiger partial charge in [0.05, 0.1) is 0 Å². The smallest absolute Gasteiger partial charge is 0.124 e. The van der Waals surface area contributed by atoms with Crippen LogP contribution in [0.1, 0.15) is 0 Å². The molecule has 100 valence electrons. The average molecular weight is 297 g/mol. The molecule has 5 heteroatoms. The number of benzene rings is 2. The zero-order valence-corrected chi connectivity index (χ0v) is 11.7. The van der Waals surface area contributed by atoms with Crippen molar-refractivity contribution in [1.29, 1.82) is 0 Å². The second kappa shape index (κ2) is 6.82. The van der Waals surface area contributed by atoms with Crippen LogP contribution in [0.3, 0.4) is 0 Å². The van der Waals surface area contributed by atoms with Gasteiger partial charge in [-0.25, -0.2) is 8.78 Å². The quantitative estimate of drug-likeness (QED) is 0.502. The number of hydrogen-bond acceptors (Lipinski definition) is 3. The van der Waals surface area contributed by atoms with Crippen molar-refractivity contribution in [3.63, 3.8) is 0 Å². The van der Waals surface area contributed by atoms with Crippen molar-refractivity contribution in [2.24, 2.45) is 0 Å². The Balaban J connectivity index is 1.80. The summed E-state index contributed by atoms with van der Waals surface area (Å²) < 4.78 is 25.8. The summed E-state index contributed by atoms with van der Waals surface area (Å²) in [5, 5.41) is 0. The lowest BCUT2D eigenvalue weighted by Gasteiger charge is -2.05. The van der Waals surface area contributed by atoms with Crippen molar-refractivity contribution < 1.29 is 8.78 Å². The summed E-state index contributed by atoms with van der Waals surface area (Å²) in [6.45, 7) is 0.